The van der Waals surface area contributed by atoms with Crippen LogP contribution in [0.15, 0.2) is 24.8 Å². The molecule has 2 aliphatic heterocycles. The van der Waals surface area contributed by atoms with Crippen molar-refractivity contribution in [1.82, 2.24) is 4.90 Å². The first kappa shape index (κ1) is 17.9. The molecular formula is C21H27NO3S. The summed E-state index contributed by atoms with van der Waals surface area (Å²) in [6.07, 6.45) is 6.68. The predicted molar refractivity (Wildman–Crippen MR) is 105 cm³/mol. The average Bonchev–Trinajstić information content (AvgIpc) is 2.64. The summed E-state index contributed by atoms with van der Waals surface area (Å²) in [5.74, 6) is 1.73. The summed E-state index contributed by atoms with van der Waals surface area (Å²) >= 11 is 1.78. The van der Waals surface area contributed by atoms with E-state index < -0.39 is 0 Å². The molecule has 1 aromatic carbocycles. The molecule has 1 aliphatic carbocycles. The van der Waals surface area contributed by atoms with Crippen LogP contribution in [0.3, 0.4) is 0 Å². The highest BCUT2D eigenvalue weighted by atomic mass is 32.2. The number of ether oxygens (including phenoxy) is 1. The van der Waals surface area contributed by atoms with E-state index in [1.165, 1.54) is 5.56 Å². The lowest BCUT2D eigenvalue weighted by Gasteiger charge is -2.66. The van der Waals surface area contributed by atoms with Crippen molar-refractivity contribution in [1.29, 1.82) is 0 Å². The highest BCUT2D eigenvalue weighted by Crippen LogP contribution is 2.66. The maximum absolute atomic E-state index is 11.7. The summed E-state index contributed by atoms with van der Waals surface area (Å²) in [7, 11) is 3.81. The molecule has 140 valence electrons. The van der Waals surface area contributed by atoms with E-state index in [0.717, 1.165) is 49.8 Å². The Morgan fingerprint density at radius 3 is 3.00 bits per heavy atom. The number of phenolic OH excluding ortho intramolecular Hbond substituents is 1. The van der Waals surface area contributed by atoms with E-state index in [0.29, 0.717) is 11.8 Å². The smallest absolute Gasteiger partial charge is 0.161 e. The largest absolute Gasteiger partial charge is 0.504 e. The number of hydrogen-bond donors (Lipinski definition) is 1. The minimum absolute atomic E-state index is 0.0111. The number of hydrogen-bond acceptors (Lipinski definition) is 5. The van der Waals surface area contributed by atoms with E-state index >= 15 is 0 Å². The molecule has 0 radical (unpaired) electrons. The van der Waals surface area contributed by atoms with Crippen LogP contribution >= 0.6 is 11.8 Å². The van der Waals surface area contributed by atoms with E-state index in [1.54, 1.807) is 18.9 Å². The van der Waals surface area contributed by atoms with Gasteiger partial charge in [-0.05, 0) is 50.9 Å². The summed E-state index contributed by atoms with van der Waals surface area (Å²) in [6, 6.07) is 4.38. The predicted octanol–water partition coefficient (Wildman–Crippen LogP) is 3.17. The Labute approximate surface area is 159 Å². The van der Waals surface area contributed by atoms with Gasteiger partial charge in [0.15, 0.2) is 11.5 Å². The molecule has 26 heavy (non-hydrogen) atoms. The number of thioether (sulfide) groups is 1. The third-order valence-corrected chi connectivity index (χ3v) is 8.51. The van der Waals surface area contributed by atoms with Gasteiger partial charge in [-0.1, -0.05) is 12.1 Å². The lowest BCUT2D eigenvalue weighted by Crippen LogP contribution is -2.69. The monoisotopic (exact) mass is 373 g/mol. The van der Waals surface area contributed by atoms with Gasteiger partial charge in [0.2, 0.25) is 0 Å². The van der Waals surface area contributed by atoms with Gasteiger partial charge in [-0.3, -0.25) is 0 Å². The number of phenols is 1. The van der Waals surface area contributed by atoms with Crippen molar-refractivity contribution in [3.63, 3.8) is 0 Å². The summed E-state index contributed by atoms with van der Waals surface area (Å²) < 4.78 is 5.44. The first-order valence-corrected chi connectivity index (χ1v) is 10.3. The van der Waals surface area contributed by atoms with Crippen molar-refractivity contribution >= 4 is 18.0 Å². The maximum atomic E-state index is 11.7. The fraction of sp³-hybridized carbons (Fsp3) is 0.571. The quantitative estimate of drug-likeness (QED) is 0.649. The fourth-order valence-electron chi connectivity index (χ4n) is 5.96. The van der Waals surface area contributed by atoms with Crippen LogP contribution in [0.25, 0.3) is 0 Å². The van der Waals surface area contributed by atoms with Gasteiger partial charge in [-0.15, -0.1) is 6.58 Å². The Hall–Kier alpha value is -1.46. The topological polar surface area (TPSA) is 49.8 Å². The van der Waals surface area contributed by atoms with Crippen molar-refractivity contribution in [3.05, 3.63) is 35.9 Å². The van der Waals surface area contributed by atoms with Gasteiger partial charge in [0, 0.05) is 28.2 Å². The van der Waals surface area contributed by atoms with Crippen molar-refractivity contribution in [2.75, 3.05) is 26.5 Å². The van der Waals surface area contributed by atoms with Gasteiger partial charge < -0.3 is 19.5 Å². The van der Waals surface area contributed by atoms with Crippen molar-refractivity contribution < 1.29 is 14.6 Å². The van der Waals surface area contributed by atoms with E-state index in [2.05, 4.69) is 24.6 Å². The molecular weight excluding hydrogens is 346 g/mol. The number of carbonyl (C=O) groups is 1. The van der Waals surface area contributed by atoms with Gasteiger partial charge in [-0.2, -0.15) is 11.8 Å². The molecule has 2 heterocycles. The van der Waals surface area contributed by atoms with Crippen LogP contribution in [-0.4, -0.2) is 54.0 Å². The Bertz CT molecular complexity index is 751. The number of carbonyl (C=O) groups excluding carboxylic acids is 1. The second-order valence-corrected chi connectivity index (χ2v) is 9.25. The molecule has 2 bridgehead atoms. The molecule has 1 N–H and O–H groups in total. The highest BCUT2D eigenvalue weighted by molar-refractivity contribution is 8.00. The first-order valence-electron chi connectivity index (χ1n) is 9.30. The number of rotatable bonds is 4. The number of benzene rings is 1. The van der Waals surface area contributed by atoms with Crippen LogP contribution < -0.4 is 4.74 Å². The summed E-state index contributed by atoms with van der Waals surface area (Å²) in [6.45, 7) is 5.04. The van der Waals surface area contributed by atoms with Crippen LogP contribution in [0, 0.1) is 5.41 Å². The van der Waals surface area contributed by atoms with Gasteiger partial charge in [0.25, 0.3) is 0 Å². The second kappa shape index (κ2) is 6.31. The van der Waals surface area contributed by atoms with E-state index in [9.17, 15) is 9.90 Å². The Morgan fingerprint density at radius 1 is 1.50 bits per heavy atom. The van der Waals surface area contributed by atoms with Crippen molar-refractivity contribution in [2.24, 2.45) is 5.41 Å². The molecule has 2 saturated heterocycles. The molecule has 0 spiro atoms. The fourth-order valence-corrected chi connectivity index (χ4v) is 7.54. The number of allylic oxidation sites excluding steroid dienone is 1. The number of methoxy groups -OCH3 is 1. The lowest BCUT2D eigenvalue weighted by atomic mass is 9.46. The van der Waals surface area contributed by atoms with Crippen LogP contribution in [0.5, 0.6) is 11.5 Å². The Morgan fingerprint density at radius 2 is 2.31 bits per heavy atom. The molecule has 3 aliphatic rings. The highest BCUT2D eigenvalue weighted by Gasteiger charge is 2.65. The van der Waals surface area contributed by atoms with Crippen molar-refractivity contribution in [2.45, 2.75) is 42.4 Å². The zero-order chi connectivity index (χ0) is 18.5. The minimum atomic E-state index is -0.207. The third kappa shape index (κ3) is 2.16. The molecule has 1 aromatic rings. The Kier molecular flexibility index (Phi) is 4.35. The summed E-state index contributed by atoms with van der Waals surface area (Å²) in [5.41, 5.74) is 2.02. The average molecular weight is 374 g/mol. The van der Waals surface area contributed by atoms with Crippen LogP contribution in [0.2, 0.25) is 0 Å². The SMILES string of the molecule is C=CCC12CSC(C=O)CC13CCN(C)C2Cc1ccc(OC)c(O)c13. The molecule has 0 aromatic heterocycles. The molecule has 4 nitrogen and oxygen atoms in total. The number of nitrogens with zero attached hydrogens (tertiary/aromatic N) is 1. The molecule has 2 fully saturated rings. The third-order valence-electron chi connectivity index (χ3n) is 7.12. The van der Waals surface area contributed by atoms with E-state index in [-0.39, 0.29) is 21.8 Å². The zero-order valence-corrected chi connectivity index (χ0v) is 16.3. The minimum Gasteiger partial charge on any atom is -0.504 e. The normalized spacial score (nSPS) is 35.9. The molecule has 4 rings (SSSR count). The zero-order valence-electron chi connectivity index (χ0n) is 15.5. The number of fused-ring (bicyclic) bond motifs is 1. The summed E-state index contributed by atoms with van der Waals surface area (Å²) in [4.78, 5) is 14.2. The maximum Gasteiger partial charge on any atom is 0.161 e. The molecule has 0 amide bonds. The van der Waals surface area contributed by atoms with Crippen LogP contribution in [0.1, 0.15) is 30.4 Å². The number of piperidine rings is 1. The van der Waals surface area contributed by atoms with Gasteiger partial charge in [-0.25, -0.2) is 0 Å². The van der Waals surface area contributed by atoms with Gasteiger partial charge in [0.1, 0.15) is 6.29 Å². The number of aldehydes is 1. The van der Waals surface area contributed by atoms with E-state index in [1.807, 2.05) is 12.1 Å². The molecule has 4 atom stereocenters. The summed E-state index contributed by atoms with van der Waals surface area (Å²) in [5, 5.41) is 11.1. The number of likely N-dealkylation sites (tertiary alicyclic amines) is 1. The Balaban J connectivity index is 2.01. The molecule has 0 saturated carbocycles. The van der Waals surface area contributed by atoms with Crippen LogP contribution in [0.4, 0.5) is 0 Å². The number of aromatic hydroxyl groups is 1. The first-order chi connectivity index (χ1) is 12.5. The second-order valence-electron chi connectivity index (χ2n) is 8.02. The lowest BCUT2D eigenvalue weighted by molar-refractivity contribution is -0.109. The van der Waals surface area contributed by atoms with Crippen molar-refractivity contribution in [3.8, 4) is 11.5 Å². The van der Waals surface area contributed by atoms with E-state index in [4.69, 9.17) is 4.74 Å². The molecule has 5 heteroatoms. The standard InChI is InChI=1S/C21H27NO3S/c1-4-7-21-13-26-15(12-23)11-20(21)8-9-22(2)17(21)10-14-5-6-16(25-3)19(24)18(14)20/h4-6,12,15,17,24H,1,7-11,13H2,2-3H3. The molecule has 4 unspecified atom stereocenters. The number of likely N-dealkylation sites (N-methyl/N-ethyl adjacent to an activating group) is 1. The van der Waals surface area contributed by atoms with Crippen LogP contribution in [-0.2, 0) is 16.6 Å². The van der Waals surface area contributed by atoms with Gasteiger partial charge in [0.05, 0.1) is 12.4 Å². The van der Waals surface area contributed by atoms with Gasteiger partial charge >= 0.3 is 0 Å².